The molecular formula is C14H22N2OS. The lowest BCUT2D eigenvalue weighted by atomic mass is 9.94. The van der Waals surface area contributed by atoms with Crippen LogP contribution in [0, 0.1) is 0 Å². The van der Waals surface area contributed by atoms with E-state index in [4.69, 9.17) is 5.73 Å². The van der Waals surface area contributed by atoms with Gasteiger partial charge in [-0.15, -0.1) is 11.3 Å². The molecule has 1 aromatic heterocycles. The molecule has 1 fully saturated rings. The summed E-state index contributed by atoms with van der Waals surface area (Å²) < 4.78 is 0. The Morgan fingerprint density at radius 3 is 2.78 bits per heavy atom. The third-order valence-electron chi connectivity index (χ3n) is 3.56. The maximum Gasteiger partial charge on any atom is 0.223 e. The number of rotatable bonds is 3. The van der Waals surface area contributed by atoms with Gasteiger partial charge in [0.25, 0.3) is 0 Å². The maximum absolute atomic E-state index is 12.1. The quantitative estimate of drug-likeness (QED) is 0.914. The molecule has 2 unspecified atom stereocenters. The van der Waals surface area contributed by atoms with Gasteiger partial charge >= 0.3 is 0 Å². The average molecular weight is 266 g/mol. The molecular weight excluding hydrogens is 244 g/mol. The Bertz CT molecular complexity index is 427. The summed E-state index contributed by atoms with van der Waals surface area (Å²) in [5.74, 6) is 0.239. The molecule has 1 amide bonds. The van der Waals surface area contributed by atoms with Gasteiger partial charge in [0.15, 0.2) is 0 Å². The molecule has 18 heavy (non-hydrogen) atoms. The van der Waals surface area contributed by atoms with E-state index in [0.717, 1.165) is 12.8 Å². The second-order valence-electron chi connectivity index (χ2n) is 5.20. The number of carbonyl (C=O) groups is 1. The maximum atomic E-state index is 12.1. The van der Waals surface area contributed by atoms with Crippen LogP contribution in [-0.2, 0) is 11.2 Å². The van der Waals surface area contributed by atoms with E-state index >= 15 is 0 Å². The Morgan fingerprint density at radius 1 is 1.50 bits per heavy atom. The van der Waals surface area contributed by atoms with E-state index in [0.29, 0.717) is 6.42 Å². The number of amides is 1. The Morgan fingerprint density at radius 2 is 2.22 bits per heavy atom. The summed E-state index contributed by atoms with van der Waals surface area (Å²) in [6.07, 6.45) is 2.43. The van der Waals surface area contributed by atoms with Crippen LogP contribution < -0.4 is 5.73 Å². The minimum atomic E-state index is 0.0634. The molecule has 3 nitrogen and oxygen atoms in total. The summed E-state index contributed by atoms with van der Waals surface area (Å²) in [6, 6.07) is 4.64. The Labute approximate surface area is 113 Å². The van der Waals surface area contributed by atoms with Crippen LogP contribution in [-0.4, -0.2) is 22.9 Å². The molecule has 2 heterocycles. The van der Waals surface area contributed by atoms with Crippen LogP contribution in [0.5, 0.6) is 0 Å². The van der Waals surface area contributed by atoms with Crippen LogP contribution in [0.3, 0.4) is 0 Å². The summed E-state index contributed by atoms with van der Waals surface area (Å²) in [7, 11) is 0. The normalized spacial score (nSPS) is 24.9. The zero-order chi connectivity index (χ0) is 13.3. The van der Waals surface area contributed by atoms with Crippen LogP contribution in [0.2, 0.25) is 0 Å². The van der Waals surface area contributed by atoms with Gasteiger partial charge in [0.05, 0.1) is 6.04 Å². The number of piperidine rings is 1. The number of carbonyl (C=O) groups excluding carboxylic acids is 1. The van der Waals surface area contributed by atoms with Crippen molar-refractivity contribution < 1.29 is 4.79 Å². The standard InChI is InChI=1S/C14H22N2OS/c1-4-10-5-7-12(18-10)14-11(15)6-8-13(17)16(14)9(2)3/h5,7,9,11,14H,4,6,8,15H2,1-3H3. The smallest absolute Gasteiger partial charge is 0.223 e. The molecule has 2 atom stereocenters. The molecule has 0 spiro atoms. The third-order valence-corrected chi connectivity index (χ3v) is 4.86. The molecule has 4 heteroatoms. The highest BCUT2D eigenvalue weighted by Crippen LogP contribution is 2.36. The number of thiophene rings is 1. The molecule has 1 aliphatic rings. The van der Waals surface area contributed by atoms with Crippen LogP contribution >= 0.6 is 11.3 Å². The number of nitrogens with zero attached hydrogens (tertiary/aromatic N) is 1. The molecule has 0 bridgehead atoms. The fraction of sp³-hybridized carbons (Fsp3) is 0.643. The van der Waals surface area contributed by atoms with Crippen LogP contribution in [0.15, 0.2) is 12.1 Å². The first-order valence-electron chi connectivity index (χ1n) is 6.70. The van der Waals surface area contributed by atoms with E-state index in [1.165, 1.54) is 9.75 Å². The summed E-state index contributed by atoms with van der Waals surface area (Å²) in [5, 5.41) is 0. The van der Waals surface area contributed by atoms with E-state index < -0.39 is 0 Å². The third kappa shape index (κ3) is 2.45. The lowest BCUT2D eigenvalue weighted by Crippen LogP contribution is -2.51. The number of aryl methyl sites for hydroxylation is 1. The minimum Gasteiger partial charge on any atom is -0.331 e. The summed E-state index contributed by atoms with van der Waals surface area (Å²) >= 11 is 1.79. The molecule has 1 aliphatic heterocycles. The first-order chi connectivity index (χ1) is 8.54. The molecule has 0 radical (unpaired) electrons. The van der Waals surface area contributed by atoms with Crippen molar-refractivity contribution in [2.75, 3.05) is 0 Å². The van der Waals surface area contributed by atoms with E-state index in [1.807, 2.05) is 4.90 Å². The zero-order valence-electron chi connectivity index (χ0n) is 11.3. The fourth-order valence-corrected chi connectivity index (χ4v) is 3.77. The second-order valence-corrected chi connectivity index (χ2v) is 6.40. The summed E-state index contributed by atoms with van der Waals surface area (Å²) in [5.41, 5.74) is 6.26. The zero-order valence-corrected chi connectivity index (χ0v) is 12.2. The average Bonchev–Trinajstić information content (AvgIpc) is 2.79. The van der Waals surface area contributed by atoms with Crippen molar-refractivity contribution in [1.82, 2.24) is 4.90 Å². The van der Waals surface area contributed by atoms with Gasteiger partial charge in [-0.2, -0.15) is 0 Å². The highest BCUT2D eigenvalue weighted by atomic mass is 32.1. The molecule has 1 aromatic rings. The number of likely N-dealkylation sites (tertiary alicyclic amines) is 1. The lowest BCUT2D eigenvalue weighted by Gasteiger charge is -2.41. The van der Waals surface area contributed by atoms with Gasteiger partial charge in [0, 0.05) is 28.3 Å². The van der Waals surface area contributed by atoms with Crippen molar-refractivity contribution in [3.05, 3.63) is 21.9 Å². The lowest BCUT2D eigenvalue weighted by molar-refractivity contribution is -0.139. The summed E-state index contributed by atoms with van der Waals surface area (Å²) in [4.78, 5) is 16.7. The van der Waals surface area contributed by atoms with Crippen molar-refractivity contribution in [1.29, 1.82) is 0 Å². The molecule has 1 saturated heterocycles. The Hall–Kier alpha value is -0.870. The second kappa shape index (κ2) is 5.41. The number of hydrogen-bond donors (Lipinski definition) is 1. The van der Waals surface area contributed by atoms with Crippen LogP contribution in [0.25, 0.3) is 0 Å². The van der Waals surface area contributed by atoms with Crippen molar-refractivity contribution in [2.24, 2.45) is 5.73 Å². The van der Waals surface area contributed by atoms with E-state index in [9.17, 15) is 4.79 Å². The molecule has 0 aliphatic carbocycles. The SMILES string of the molecule is CCc1ccc(C2C(N)CCC(=O)N2C(C)C)s1. The first kappa shape index (κ1) is 13.6. The predicted molar refractivity (Wildman–Crippen MR) is 75.6 cm³/mol. The van der Waals surface area contributed by atoms with E-state index in [1.54, 1.807) is 11.3 Å². The Balaban J connectivity index is 2.33. The molecule has 2 N–H and O–H groups in total. The van der Waals surface area contributed by atoms with Crippen molar-refractivity contribution in [2.45, 2.75) is 58.2 Å². The number of nitrogens with two attached hydrogens (primary N) is 1. The van der Waals surface area contributed by atoms with Gasteiger partial charge in [-0.3, -0.25) is 4.79 Å². The monoisotopic (exact) mass is 266 g/mol. The van der Waals surface area contributed by atoms with Gasteiger partial charge in [-0.1, -0.05) is 6.92 Å². The summed E-state index contributed by atoms with van der Waals surface area (Å²) in [6.45, 7) is 6.29. The van der Waals surface area contributed by atoms with Crippen molar-refractivity contribution >= 4 is 17.2 Å². The highest BCUT2D eigenvalue weighted by molar-refractivity contribution is 7.12. The highest BCUT2D eigenvalue weighted by Gasteiger charge is 2.36. The minimum absolute atomic E-state index is 0.0634. The van der Waals surface area contributed by atoms with Gasteiger partial charge < -0.3 is 10.6 Å². The molecule has 2 rings (SSSR count). The molecule has 100 valence electrons. The topological polar surface area (TPSA) is 46.3 Å². The van der Waals surface area contributed by atoms with Gasteiger partial charge in [0.2, 0.25) is 5.91 Å². The largest absolute Gasteiger partial charge is 0.331 e. The van der Waals surface area contributed by atoms with E-state index in [2.05, 4.69) is 32.9 Å². The predicted octanol–water partition coefficient (Wildman–Crippen LogP) is 2.71. The van der Waals surface area contributed by atoms with Gasteiger partial charge in [-0.05, 0) is 38.8 Å². The van der Waals surface area contributed by atoms with Crippen LogP contribution in [0.1, 0.15) is 49.4 Å². The van der Waals surface area contributed by atoms with Gasteiger partial charge in [-0.25, -0.2) is 0 Å². The van der Waals surface area contributed by atoms with E-state index in [-0.39, 0.29) is 24.0 Å². The Kier molecular flexibility index (Phi) is 4.07. The van der Waals surface area contributed by atoms with Crippen LogP contribution in [0.4, 0.5) is 0 Å². The fourth-order valence-electron chi connectivity index (χ4n) is 2.64. The first-order valence-corrected chi connectivity index (χ1v) is 7.51. The molecule has 0 saturated carbocycles. The molecule has 0 aromatic carbocycles. The van der Waals surface area contributed by atoms with Crippen molar-refractivity contribution in [3.63, 3.8) is 0 Å². The van der Waals surface area contributed by atoms with Crippen molar-refractivity contribution in [3.8, 4) is 0 Å². The van der Waals surface area contributed by atoms with Gasteiger partial charge in [0.1, 0.15) is 0 Å². The number of hydrogen-bond acceptors (Lipinski definition) is 3.